The summed E-state index contributed by atoms with van der Waals surface area (Å²) >= 11 is 3.40. The van der Waals surface area contributed by atoms with Crippen LogP contribution in [0.5, 0.6) is 0 Å². The molecule has 1 aliphatic heterocycles. The molecule has 17 heavy (non-hydrogen) atoms. The van der Waals surface area contributed by atoms with E-state index in [1.54, 1.807) is 11.1 Å². The van der Waals surface area contributed by atoms with Crippen LogP contribution in [0.25, 0.3) is 0 Å². The zero-order chi connectivity index (χ0) is 12.3. The second-order valence-corrected chi connectivity index (χ2v) is 4.72. The molecular formula is C11H14BrN3O2. The number of carbonyl (C=O) groups excluding carboxylic acids is 1. The molecule has 1 fully saturated rings. The highest BCUT2D eigenvalue weighted by molar-refractivity contribution is 9.10. The molecule has 0 bridgehead atoms. The summed E-state index contributed by atoms with van der Waals surface area (Å²) in [5.74, 6) is 0. The van der Waals surface area contributed by atoms with Crippen molar-refractivity contribution in [2.45, 2.75) is 0 Å². The third kappa shape index (κ3) is 2.88. The highest BCUT2D eigenvalue weighted by atomic mass is 79.9. The first-order valence-corrected chi connectivity index (χ1v) is 6.18. The van der Waals surface area contributed by atoms with E-state index in [1.165, 1.54) is 7.11 Å². The van der Waals surface area contributed by atoms with Crippen LogP contribution in [0.3, 0.4) is 0 Å². The molecule has 1 aromatic rings. The quantitative estimate of drug-likeness (QED) is 0.792. The van der Waals surface area contributed by atoms with Crippen LogP contribution in [0.1, 0.15) is 0 Å². The van der Waals surface area contributed by atoms with Crippen LogP contribution in [-0.4, -0.2) is 49.3 Å². The van der Waals surface area contributed by atoms with Crippen molar-refractivity contribution < 1.29 is 9.53 Å². The molecule has 0 unspecified atom stereocenters. The predicted molar refractivity (Wildman–Crippen MR) is 68.1 cm³/mol. The van der Waals surface area contributed by atoms with E-state index in [2.05, 4.69) is 25.8 Å². The number of carbonyl (C=O) groups is 1. The Morgan fingerprint density at radius 2 is 2.06 bits per heavy atom. The Hall–Kier alpha value is -1.30. The van der Waals surface area contributed by atoms with Gasteiger partial charge in [-0.05, 0) is 22.0 Å². The van der Waals surface area contributed by atoms with Gasteiger partial charge >= 0.3 is 6.09 Å². The number of anilines is 1. The van der Waals surface area contributed by atoms with Gasteiger partial charge in [-0.1, -0.05) is 0 Å². The Morgan fingerprint density at radius 3 is 2.65 bits per heavy atom. The number of hydrogen-bond acceptors (Lipinski definition) is 4. The average Bonchev–Trinajstić information content (AvgIpc) is 2.38. The SMILES string of the molecule is COC(=O)N1CCN(c2cncc(Br)c2)CC1. The summed E-state index contributed by atoms with van der Waals surface area (Å²) in [5.41, 5.74) is 1.07. The smallest absolute Gasteiger partial charge is 0.409 e. The van der Waals surface area contributed by atoms with Crippen molar-refractivity contribution in [2.75, 3.05) is 38.2 Å². The molecule has 0 spiro atoms. The number of amides is 1. The van der Waals surface area contributed by atoms with E-state index >= 15 is 0 Å². The Balaban J connectivity index is 1.97. The van der Waals surface area contributed by atoms with E-state index in [4.69, 9.17) is 4.74 Å². The zero-order valence-electron chi connectivity index (χ0n) is 9.60. The van der Waals surface area contributed by atoms with E-state index in [0.29, 0.717) is 13.1 Å². The molecule has 6 heteroatoms. The third-order valence-electron chi connectivity index (χ3n) is 2.77. The predicted octanol–water partition coefficient (Wildman–Crippen LogP) is 1.73. The first kappa shape index (κ1) is 12.2. The van der Waals surface area contributed by atoms with Gasteiger partial charge in [0.2, 0.25) is 0 Å². The van der Waals surface area contributed by atoms with E-state index < -0.39 is 0 Å². The van der Waals surface area contributed by atoms with Crippen molar-refractivity contribution in [3.05, 3.63) is 22.9 Å². The zero-order valence-corrected chi connectivity index (χ0v) is 11.2. The first-order chi connectivity index (χ1) is 8.20. The van der Waals surface area contributed by atoms with Crippen LogP contribution in [0, 0.1) is 0 Å². The third-order valence-corrected chi connectivity index (χ3v) is 3.20. The number of hydrogen-bond donors (Lipinski definition) is 0. The topological polar surface area (TPSA) is 45.7 Å². The van der Waals surface area contributed by atoms with Crippen LogP contribution in [-0.2, 0) is 4.74 Å². The Kier molecular flexibility index (Phi) is 3.83. The molecule has 0 atom stereocenters. The Morgan fingerprint density at radius 1 is 1.35 bits per heavy atom. The molecule has 0 aromatic carbocycles. The maximum atomic E-state index is 11.3. The lowest BCUT2D eigenvalue weighted by Crippen LogP contribution is -2.48. The minimum Gasteiger partial charge on any atom is -0.453 e. The van der Waals surface area contributed by atoms with E-state index in [-0.39, 0.29) is 6.09 Å². The Bertz CT molecular complexity index is 405. The number of rotatable bonds is 1. The molecule has 1 aromatic heterocycles. The molecule has 1 aliphatic rings. The number of pyridine rings is 1. The lowest BCUT2D eigenvalue weighted by atomic mass is 10.3. The molecule has 0 aliphatic carbocycles. The summed E-state index contributed by atoms with van der Waals surface area (Å²) in [7, 11) is 1.41. The summed E-state index contributed by atoms with van der Waals surface area (Å²) in [6.07, 6.45) is 3.34. The largest absolute Gasteiger partial charge is 0.453 e. The van der Waals surface area contributed by atoms with Gasteiger partial charge in [0, 0.05) is 36.8 Å². The van der Waals surface area contributed by atoms with Gasteiger partial charge < -0.3 is 14.5 Å². The average molecular weight is 300 g/mol. The van der Waals surface area contributed by atoms with Gasteiger partial charge in [-0.3, -0.25) is 4.98 Å². The maximum absolute atomic E-state index is 11.3. The van der Waals surface area contributed by atoms with Crippen molar-refractivity contribution in [3.63, 3.8) is 0 Å². The fraction of sp³-hybridized carbons (Fsp3) is 0.455. The second kappa shape index (κ2) is 5.35. The van der Waals surface area contributed by atoms with Gasteiger partial charge in [-0.15, -0.1) is 0 Å². The van der Waals surface area contributed by atoms with Crippen molar-refractivity contribution >= 4 is 27.7 Å². The highest BCUT2D eigenvalue weighted by Gasteiger charge is 2.21. The molecule has 1 amide bonds. The number of aromatic nitrogens is 1. The minimum atomic E-state index is -0.253. The molecule has 0 saturated carbocycles. The lowest BCUT2D eigenvalue weighted by molar-refractivity contribution is 0.121. The van der Waals surface area contributed by atoms with E-state index in [9.17, 15) is 4.79 Å². The van der Waals surface area contributed by atoms with Crippen LogP contribution < -0.4 is 4.90 Å². The van der Waals surface area contributed by atoms with Crippen molar-refractivity contribution in [2.24, 2.45) is 0 Å². The Labute approximate surface area is 108 Å². The highest BCUT2D eigenvalue weighted by Crippen LogP contribution is 2.19. The number of halogens is 1. The normalized spacial score (nSPS) is 15.9. The summed E-state index contributed by atoms with van der Waals surface area (Å²) in [6.45, 7) is 2.96. The van der Waals surface area contributed by atoms with Crippen LogP contribution in [0.4, 0.5) is 10.5 Å². The van der Waals surface area contributed by atoms with Crippen molar-refractivity contribution in [1.82, 2.24) is 9.88 Å². The van der Waals surface area contributed by atoms with Gasteiger partial charge in [0.1, 0.15) is 0 Å². The van der Waals surface area contributed by atoms with E-state index in [1.807, 2.05) is 12.3 Å². The summed E-state index contributed by atoms with van der Waals surface area (Å²) in [6, 6.07) is 2.03. The maximum Gasteiger partial charge on any atom is 0.409 e. The fourth-order valence-corrected chi connectivity index (χ4v) is 2.20. The molecule has 2 heterocycles. The van der Waals surface area contributed by atoms with Crippen LogP contribution in [0.2, 0.25) is 0 Å². The fourth-order valence-electron chi connectivity index (χ4n) is 1.85. The first-order valence-electron chi connectivity index (χ1n) is 5.39. The number of nitrogens with zero attached hydrogens (tertiary/aromatic N) is 3. The summed E-state index contributed by atoms with van der Waals surface area (Å²) < 4.78 is 5.66. The molecular weight excluding hydrogens is 286 g/mol. The van der Waals surface area contributed by atoms with Gasteiger partial charge in [-0.2, -0.15) is 0 Å². The van der Waals surface area contributed by atoms with E-state index in [0.717, 1.165) is 23.2 Å². The summed E-state index contributed by atoms with van der Waals surface area (Å²) in [4.78, 5) is 19.4. The van der Waals surface area contributed by atoms with Crippen LogP contribution >= 0.6 is 15.9 Å². The van der Waals surface area contributed by atoms with Crippen molar-refractivity contribution in [1.29, 1.82) is 0 Å². The number of piperazine rings is 1. The molecule has 2 rings (SSSR count). The van der Waals surface area contributed by atoms with Crippen molar-refractivity contribution in [3.8, 4) is 0 Å². The summed E-state index contributed by atoms with van der Waals surface area (Å²) in [5, 5.41) is 0. The molecule has 0 N–H and O–H groups in total. The monoisotopic (exact) mass is 299 g/mol. The minimum absolute atomic E-state index is 0.253. The number of ether oxygens (including phenoxy) is 1. The standard InChI is InChI=1S/C11H14BrN3O2/c1-17-11(16)15-4-2-14(3-5-15)10-6-9(12)7-13-8-10/h6-8H,2-5H2,1H3. The van der Waals surface area contributed by atoms with Gasteiger partial charge in [0.05, 0.1) is 19.0 Å². The molecule has 5 nitrogen and oxygen atoms in total. The van der Waals surface area contributed by atoms with Crippen LogP contribution in [0.15, 0.2) is 22.9 Å². The van der Waals surface area contributed by atoms with Gasteiger partial charge in [0.25, 0.3) is 0 Å². The van der Waals surface area contributed by atoms with Gasteiger partial charge in [0.15, 0.2) is 0 Å². The molecule has 92 valence electrons. The number of methoxy groups -OCH3 is 1. The second-order valence-electron chi connectivity index (χ2n) is 3.81. The molecule has 0 radical (unpaired) electrons. The van der Waals surface area contributed by atoms with Gasteiger partial charge in [-0.25, -0.2) is 4.79 Å². The molecule has 1 saturated heterocycles. The lowest BCUT2D eigenvalue weighted by Gasteiger charge is -2.35.